The maximum atomic E-state index is 13.5. The molecule has 0 saturated heterocycles. The minimum Gasteiger partial charge on any atom is -0.497 e. The largest absolute Gasteiger partial charge is 0.497 e. The Labute approximate surface area is 184 Å². The Morgan fingerprint density at radius 1 is 0.903 bits per heavy atom. The van der Waals surface area contributed by atoms with Gasteiger partial charge in [-0.25, -0.2) is 4.90 Å². The summed E-state index contributed by atoms with van der Waals surface area (Å²) in [6.45, 7) is 3.82. The molecule has 2 heterocycles. The van der Waals surface area contributed by atoms with Crippen molar-refractivity contribution in [3.05, 3.63) is 75.6 Å². The normalized spacial score (nSPS) is 13.7. The van der Waals surface area contributed by atoms with E-state index in [0.29, 0.717) is 28.4 Å². The summed E-state index contributed by atoms with van der Waals surface area (Å²) in [6, 6.07) is 14.7. The Bertz CT molecular complexity index is 1180. The van der Waals surface area contributed by atoms with E-state index in [0.717, 1.165) is 16.0 Å². The van der Waals surface area contributed by atoms with Gasteiger partial charge >= 0.3 is 0 Å². The van der Waals surface area contributed by atoms with Crippen molar-refractivity contribution in [2.24, 2.45) is 0 Å². The van der Waals surface area contributed by atoms with Gasteiger partial charge in [-0.15, -0.1) is 11.3 Å². The van der Waals surface area contributed by atoms with Crippen LogP contribution in [0.4, 0.5) is 11.4 Å². The van der Waals surface area contributed by atoms with Crippen LogP contribution in [0.5, 0.6) is 11.5 Å². The number of ether oxygens (including phenoxy) is 2. The highest BCUT2D eigenvalue weighted by atomic mass is 32.1. The summed E-state index contributed by atoms with van der Waals surface area (Å²) in [7, 11) is 3.11. The van der Waals surface area contributed by atoms with Gasteiger partial charge < -0.3 is 14.8 Å². The van der Waals surface area contributed by atoms with Gasteiger partial charge in [0.2, 0.25) is 0 Å². The molecule has 0 bridgehead atoms. The average Bonchev–Trinajstić information content (AvgIpc) is 3.36. The van der Waals surface area contributed by atoms with Crippen LogP contribution in [0.1, 0.15) is 16.0 Å². The zero-order valence-electron chi connectivity index (χ0n) is 17.7. The maximum absolute atomic E-state index is 13.5. The number of aryl methyl sites for hydroxylation is 2. The third-order valence-electron chi connectivity index (χ3n) is 5.08. The van der Waals surface area contributed by atoms with Gasteiger partial charge in [-0.3, -0.25) is 9.59 Å². The van der Waals surface area contributed by atoms with Crippen LogP contribution >= 0.6 is 11.3 Å². The summed E-state index contributed by atoms with van der Waals surface area (Å²) in [6.07, 6.45) is 0. The van der Waals surface area contributed by atoms with Crippen LogP contribution in [-0.2, 0) is 9.59 Å². The van der Waals surface area contributed by atoms with Gasteiger partial charge in [0.05, 0.1) is 25.5 Å². The lowest BCUT2D eigenvalue weighted by Gasteiger charge is -2.18. The second-order valence-corrected chi connectivity index (χ2v) is 8.14. The molecule has 0 radical (unpaired) electrons. The number of imide groups is 1. The molecule has 1 aliphatic rings. The Balaban J connectivity index is 1.82. The fourth-order valence-electron chi connectivity index (χ4n) is 3.50. The van der Waals surface area contributed by atoms with E-state index in [1.54, 1.807) is 32.4 Å². The number of nitrogens with zero attached hydrogens (tertiary/aromatic N) is 1. The van der Waals surface area contributed by atoms with Crippen molar-refractivity contribution in [1.29, 1.82) is 0 Å². The molecule has 1 aliphatic heterocycles. The Morgan fingerprint density at radius 2 is 1.61 bits per heavy atom. The fourth-order valence-corrected chi connectivity index (χ4v) is 4.27. The molecule has 2 amide bonds. The van der Waals surface area contributed by atoms with Gasteiger partial charge in [-0.05, 0) is 42.5 Å². The standard InChI is InChI=1S/C24H22N2O4S/c1-14-7-8-15(2)19(10-14)26-23(27)21(20-6-5-9-31-20)22(24(26)28)25-16-11-17(29-3)13-18(12-16)30-4/h5-13,25H,1-4H3. The number of rotatable bonds is 6. The van der Waals surface area contributed by atoms with Crippen LogP contribution in [0.2, 0.25) is 0 Å². The maximum Gasteiger partial charge on any atom is 0.282 e. The number of methoxy groups -OCH3 is 2. The first kappa shape index (κ1) is 20.7. The van der Waals surface area contributed by atoms with E-state index in [1.165, 1.54) is 16.2 Å². The van der Waals surface area contributed by atoms with Crippen LogP contribution in [0, 0.1) is 13.8 Å². The van der Waals surface area contributed by atoms with E-state index in [9.17, 15) is 9.59 Å². The number of carbonyl (C=O) groups is 2. The van der Waals surface area contributed by atoms with Crippen molar-refractivity contribution in [2.75, 3.05) is 24.4 Å². The number of benzene rings is 2. The van der Waals surface area contributed by atoms with Crippen LogP contribution in [0.25, 0.3) is 5.57 Å². The molecule has 0 spiro atoms. The first-order valence-electron chi connectivity index (χ1n) is 9.67. The summed E-state index contributed by atoms with van der Waals surface area (Å²) >= 11 is 1.41. The molecular formula is C24H22N2O4S. The van der Waals surface area contributed by atoms with Crippen LogP contribution in [0.15, 0.2) is 59.6 Å². The molecule has 0 saturated carbocycles. The monoisotopic (exact) mass is 434 g/mol. The molecule has 0 unspecified atom stereocenters. The molecule has 6 nitrogen and oxygen atoms in total. The SMILES string of the molecule is COc1cc(NC2=C(c3cccs3)C(=O)N(c3cc(C)ccc3C)C2=O)cc(OC)c1. The molecule has 7 heteroatoms. The van der Waals surface area contributed by atoms with Crippen molar-refractivity contribution in [3.63, 3.8) is 0 Å². The topological polar surface area (TPSA) is 67.9 Å². The molecule has 0 aliphatic carbocycles. The van der Waals surface area contributed by atoms with Crippen molar-refractivity contribution >= 4 is 40.1 Å². The van der Waals surface area contributed by atoms with Crippen LogP contribution in [0.3, 0.4) is 0 Å². The van der Waals surface area contributed by atoms with Gasteiger partial charge in [-0.2, -0.15) is 0 Å². The zero-order valence-corrected chi connectivity index (χ0v) is 18.5. The van der Waals surface area contributed by atoms with Crippen LogP contribution < -0.4 is 19.7 Å². The molecule has 0 atom stereocenters. The van der Waals surface area contributed by atoms with Gasteiger partial charge in [0.15, 0.2) is 0 Å². The minimum atomic E-state index is -0.399. The second kappa shape index (κ2) is 8.28. The summed E-state index contributed by atoms with van der Waals surface area (Å²) in [5, 5.41) is 5.04. The molecule has 2 aromatic carbocycles. The average molecular weight is 435 g/mol. The number of amides is 2. The highest BCUT2D eigenvalue weighted by Crippen LogP contribution is 2.37. The molecular weight excluding hydrogens is 412 g/mol. The molecule has 1 aromatic heterocycles. The van der Waals surface area contributed by atoms with E-state index < -0.39 is 5.91 Å². The summed E-state index contributed by atoms with van der Waals surface area (Å²) in [5.74, 6) is 0.397. The van der Waals surface area contributed by atoms with Gasteiger partial charge in [0.25, 0.3) is 11.8 Å². The number of anilines is 2. The second-order valence-electron chi connectivity index (χ2n) is 7.19. The van der Waals surface area contributed by atoms with Crippen molar-refractivity contribution in [2.45, 2.75) is 13.8 Å². The van der Waals surface area contributed by atoms with Crippen molar-refractivity contribution < 1.29 is 19.1 Å². The minimum absolute atomic E-state index is 0.226. The number of carbonyl (C=O) groups excluding carboxylic acids is 2. The van der Waals surface area contributed by atoms with Gasteiger partial charge in [0, 0.05) is 28.8 Å². The number of thiophene rings is 1. The summed E-state index contributed by atoms with van der Waals surface area (Å²) in [4.78, 5) is 29.0. The Kier molecular flexibility index (Phi) is 5.52. The first-order valence-corrected chi connectivity index (χ1v) is 10.5. The lowest BCUT2D eigenvalue weighted by atomic mass is 10.1. The van der Waals surface area contributed by atoms with E-state index in [1.807, 2.05) is 49.6 Å². The lowest BCUT2D eigenvalue weighted by molar-refractivity contribution is -0.120. The van der Waals surface area contributed by atoms with E-state index >= 15 is 0 Å². The number of hydrogen-bond donors (Lipinski definition) is 1. The van der Waals surface area contributed by atoms with Crippen molar-refractivity contribution in [3.8, 4) is 11.5 Å². The molecule has 1 N–H and O–H groups in total. The predicted molar refractivity (Wildman–Crippen MR) is 123 cm³/mol. The number of nitrogens with one attached hydrogen (secondary N) is 1. The molecule has 158 valence electrons. The zero-order chi connectivity index (χ0) is 22.1. The smallest absolute Gasteiger partial charge is 0.282 e. The Morgan fingerprint density at radius 3 is 2.23 bits per heavy atom. The molecule has 3 aromatic rings. The fraction of sp³-hybridized carbons (Fsp3) is 0.167. The third-order valence-corrected chi connectivity index (χ3v) is 5.97. The third kappa shape index (κ3) is 3.80. The summed E-state index contributed by atoms with van der Waals surface area (Å²) in [5.41, 5.74) is 3.57. The van der Waals surface area contributed by atoms with E-state index in [-0.39, 0.29) is 11.6 Å². The summed E-state index contributed by atoms with van der Waals surface area (Å²) < 4.78 is 10.7. The van der Waals surface area contributed by atoms with Crippen molar-refractivity contribution in [1.82, 2.24) is 0 Å². The first-order chi connectivity index (χ1) is 14.9. The Hall–Kier alpha value is -3.58. The van der Waals surface area contributed by atoms with Gasteiger partial charge in [-0.1, -0.05) is 18.2 Å². The number of hydrogen-bond acceptors (Lipinski definition) is 6. The molecule has 4 rings (SSSR count). The predicted octanol–water partition coefficient (Wildman–Crippen LogP) is 4.78. The highest BCUT2D eigenvalue weighted by molar-refractivity contribution is 7.11. The highest BCUT2D eigenvalue weighted by Gasteiger charge is 2.41. The molecule has 0 fully saturated rings. The van der Waals surface area contributed by atoms with E-state index in [4.69, 9.17) is 9.47 Å². The molecule has 31 heavy (non-hydrogen) atoms. The lowest BCUT2D eigenvalue weighted by Crippen LogP contribution is -2.33. The van der Waals surface area contributed by atoms with E-state index in [2.05, 4.69) is 5.32 Å². The van der Waals surface area contributed by atoms with Gasteiger partial charge in [0.1, 0.15) is 17.2 Å². The van der Waals surface area contributed by atoms with Crippen LogP contribution in [-0.4, -0.2) is 26.0 Å². The quantitative estimate of drug-likeness (QED) is 0.566.